The first-order chi connectivity index (χ1) is 10.9. The third-order valence-electron chi connectivity index (χ3n) is 3.26. The van der Waals surface area contributed by atoms with Gasteiger partial charge in [-0.15, -0.1) is 0 Å². The Morgan fingerprint density at radius 3 is 2.87 bits per heavy atom. The number of rotatable bonds is 5. The average Bonchev–Trinajstić information content (AvgIpc) is 2.52. The van der Waals surface area contributed by atoms with Crippen molar-refractivity contribution in [2.75, 3.05) is 5.32 Å². The highest BCUT2D eigenvalue weighted by Gasteiger charge is 2.20. The van der Waals surface area contributed by atoms with E-state index in [1.165, 1.54) is 18.2 Å². The van der Waals surface area contributed by atoms with Crippen LogP contribution < -0.4 is 10.0 Å². The van der Waals surface area contributed by atoms with E-state index in [2.05, 4.69) is 16.6 Å². The Labute approximate surface area is 141 Å². The fourth-order valence-corrected chi connectivity index (χ4v) is 3.17. The van der Waals surface area contributed by atoms with Crippen molar-refractivity contribution in [1.29, 1.82) is 0 Å². The van der Waals surface area contributed by atoms with Crippen molar-refractivity contribution in [2.45, 2.75) is 24.7 Å². The smallest absolute Gasteiger partial charge is 0.224 e. The number of aryl methyl sites for hydroxylation is 1. The van der Waals surface area contributed by atoms with Gasteiger partial charge < -0.3 is 10.0 Å². The fourth-order valence-electron chi connectivity index (χ4n) is 2.06. The van der Waals surface area contributed by atoms with Crippen LogP contribution >= 0.6 is 11.6 Å². The number of carbonyl (C=O) groups excluding carboxylic acids is 1. The molecule has 4 nitrogen and oxygen atoms in total. The minimum Gasteiger partial charge on any atom is -0.326 e. The predicted octanol–water partition coefficient (Wildman–Crippen LogP) is 3.54. The second kappa shape index (κ2) is 7.57. The van der Waals surface area contributed by atoms with Gasteiger partial charge in [0.2, 0.25) is 5.91 Å². The quantitative estimate of drug-likeness (QED) is 0.795. The molecule has 2 N–H and O–H groups in total. The number of hydrogen-bond acceptors (Lipinski definition) is 2. The molecular formula is C16H16ClFN2O2S. The van der Waals surface area contributed by atoms with Crippen molar-refractivity contribution in [3.8, 4) is 0 Å². The van der Waals surface area contributed by atoms with E-state index in [1.807, 2.05) is 0 Å². The number of benzene rings is 1. The normalized spacial score (nSPS) is 16.4. The summed E-state index contributed by atoms with van der Waals surface area (Å²) >= 11 is 5.86. The van der Waals surface area contributed by atoms with E-state index in [0.717, 1.165) is 5.56 Å². The molecule has 1 atom stereocenters. The van der Waals surface area contributed by atoms with E-state index in [9.17, 15) is 13.4 Å². The maximum absolute atomic E-state index is 14.2. The number of hydrogen-bond donors (Lipinski definition) is 2. The minimum absolute atomic E-state index is 0.0300. The van der Waals surface area contributed by atoms with Crippen molar-refractivity contribution >= 4 is 34.2 Å². The molecule has 0 aromatic heterocycles. The van der Waals surface area contributed by atoms with Gasteiger partial charge >= 0.3 is 0 Å². The molecule has 1 aliphatic heterocycles. The maximum atomic E-state index is 14.2. The van der Waals surface area contributed by atoms with E-state index in [1.54, 1.807) is 19.1 Å². The molecule has 0 aliphatic carbocycles. The molecule has 0 spiro atoms. The van der Waals surface area contributed by atoms with Gasteiger partial charge in [0.15, 0.2) is 11.0 Å². The molecule has 122 valence electrons. The highest BCUT2D eigenvalue weighted by Crippen LogP contribution is 2.27. The molecule has 2 rings (SSSR count). The summed E-state index contributed by atoms with van der Waals surface area (Å²) in [4.78, 5) is 11.4. The first kappa shape index (κ1) is 17.4. The topological polar surface area (TPSA) is 58.2 Å². The molecule has 23 heavy (non-hydrogen) atoms. The molecular weight excluding hydrogens is 339 g/mol. The zero-order valence-electron chi connectivity index (χ0n) is 12.5. The van der Waals surface area contributed by atoms with Crippen molar-refractivity contribution in [3.63, 3.8) is 0 Å². The molecule has 1 aliphatic rings. The molecule has 7 heteroatoms. The molecule has 1 unspecified atom stereocenters. The zero-order chi connectivity index (χ0) is 17.0. The van der Waals surface area contributed by atoms with Crippen LogP contribution in [0.5, 0.6) is 0 Å². The van der Waals surface area contributed by atoms with Gasteiger partial charge in [0, 0.05) is 22.8 Å². The second-order valence-corrected chi connectivity index (χ2v) is 6.45. The van der Waals surface area contributed by atoms with Crippen LogP contribution in [0.4, 0.5) is 10.1 Å². The molecule has 0 fully saturated rings. The van der Waals surface area contributed by atoms with E-state index >= 15 is 0 Å². The minimum atomic E-state index is -1.79. The van der Waals surface area contributed by atoms with Gasteiger partial charge in [-0.05, 0) is 37.1 Å². The van der Waals surface area contributed by atoms with E-state index < -0.39 is 16.8 Å². The Morgan fingerprint density at radius 1 is 1.48 bits per heavy atom. The lowest BCUT2D eigenvalue weighted by Crippen LogP contribution is -2.21. The summed E-state index contributed by atoms with van der Waals surface area (Å²) in [6.07, 6.45) is 5.47. The van der Waals surface area contributed by atoms with Crippen LogP contribution in [-0.2, 0) is 22.2 Å². The molecule has 0 bridgehead atoms. The average molecular weight is 355 g/mol. The Kier molecular flexibility index (Phi) is 5.74. The Hall–Kier alpha value is -1.92. The molecule has 1 aromatic rings. The summed E-state index contributed by atoms with van der Waals surface area (Å²) in [6, 6.07) is 2.71. The number of nitrogens with one attached hydrogen (secondary N) is 2. The van der Waals surface area contributed by atoms with Gasteiger partial charge in [0.05, 0.1) is 4.90 Å². The van der Waals surface area contributed by atoms with E-state index in [0.29, 0.717) is 29.3 Å². The van der Waals surface area contributed by atoms with Gasteiger partial charge in [-0.25, -0.2) is 8.60 Å². The first-order valence-electron chi connectivity index (χ1n) is 6.91. The fraction of sp³-hybridized carbons (Fsp3) is 0.188. The van der Waals surface area contributed by atoms with Crippen molar-refractivity contribution in [2.24, 2.45) is 0 Å². The van der Waals surface area contributed by atoms with Crippen LogP contribution in [0.3, 0.4) is 0 Å². The third-order valence-corrected chi connectivity index (χ3v) is 4.66. The SMILES string of the molecule is C=C/C(Cl)=C\C(=C\C)NS(=O)c1cc2c(cc1F)NC(=O)CC2. The summed E-state index contributed by atoms with van der Waals surface area (Å²) in [7, 11) is -1.79. The van der Waals surface area contributed by atoms with Gasteiger partial charge in [-0.2, -0.15) is 0 Å². The van der Waals surface area contributed by atoms with Crippen molar-refractivity contribution < 1.29 is 13.4 Å². The zero-order valence-corrected chi connectivity index (χ0v) is 14.1. The lowest BCUT2D eigenvalue weighted by atomic mass is 10.0. The molecule has 1 aromatic carbocycles. The lowest BCUT2D eigenvalue weighted by molar-refractivity contribution is -0.116. The van der Waals surface area contributed by atoms with Gasteiger partial charge in [-0.3, -0.25) is 4.79 Å². The van der Waals surface area contributed by atoms with Crippen molar-refractivity contribution in [3.05, 3.63) is 59.0 Å². The van der Waals surface area contributed by atoms with Gasteiger partial charge in [0.25, 0.3) is 0 Å². The number of fused-ring (bicyclic) bond motifs is 1. The van der Waals surface area contributed by atoms with E-state index in [-0.39, 0.29) is 10.8 Å². The predicted molar refractivity (Wildman–Crippen MR) is 90.8 cm³/mol. The maximum Gasteiger partial charge on any atom is 0.224 e. The molecule has 0 saturated heterocycles. The number of anilines is 1. The summed E-state index contributed by atoms with van der Waals surface area (Å²) < 4.78 is 29.3. The van der Waals surface area contributed by atoms with Crippen LogP contribution in [0.2, 0.25) is 0 Å². The monoisotopic (exact) mass is 354 g/mol. The molecule has 1 heterocycles. The largest absolute Gasteiger partial charge is 0.326 e. The van der Waals surface area contributed by atoms with Crippen molar-refractivity contribution in [1.82, 2.24) is 4.72 Å². The number of amides is 1. The summed E-state index contributed by atoms with van der Waals surface area (Å²) in [5.74, 6) is -0.796. The molecule has 0 radical (unpaired) electrons. The Balaban J connectivity index is 2.26. The van der Waals surface area contributed by atoms with Crippen LogP contribution in [0.15, 0.2) is 52.6 Å². The van der Waals surface area contributed by atoms with Crippen LogP contribution in [0, 0.1) is 5.82 Å². The van der Waals surface area contributed by atoms with Crippen LogP contribution in [0.1, 0.15) is 18.9 Å². The molecule has 1 amide bonds. The Morgan fingerprint density at radius 2 is 2.22 bits per heavy atom. The molecule has 0 saturated carbocycles. The third kappa shape index (κ3) is 4.30. The number of carbonyl (C=O) groups is 1. The van der Waals surface area contributed by atoms with Gasteiger partial charge in [0.1, 0.15) is 5.82 Å². The highest BCUT2D eigenvalue weighted by atomic mass is 35.5. The first-order valence-corrected chi connectivity index (χ1v) is 8.44. The summed E-state index contributed by atoms with van der Waals surface area (Å²) in [5, 5.41) is 2.98. The second-order valence-electron chi connectivity index (χ2n) is 4.84. The Bertz CT molecular complexity index is 744. The number of allylic oxidation sites excluding steroid dienone is 4. The summed E-state index contributed by atoms with van der Waals surface area (Å²) in [5.41, 5.74) is 1.68. The summed E-state index contributed by atoms with van der Waals surface area (Å²) in [6.45, 7) is 5.27. The van der Waals surface area contributed by atoms with Gasteiger partial charge in [-0.1, -0.05) is 30.3 Å². The number of halogens is 2. The highest BCUT2D eigenvalue weighted by molar-refractivity contribution is 7.83. The van der Waals surface area contributed by atoms with E-state index in [4.69, 9.17) is 11.6 Å². The van der Waals surface area contributed by atoms with Crippen LogP contribution in [0.25, 0.3) is 0 Å². The lowest BCUT2D eigenvalue weighted by Gasteiger charge is -2.18. The van der Waals surface area contributed by atoms with Crippen LogP contribution in [-0.4, -0.2) is 10.1 Å². The standard InChI is InChI=1S/C16H16ClFN2O2S/c1-3-11(17)8-12(4-2)20-23(22)15-7-10-5-6-16(21)19-14(10)9-13(15)18/h3-4,7-9,20H,1,5-6H2,2H3,(H,19,21)/b11-8+,12-4-.